The second kappa shape index (κ2) is 11.2. The lowest BCUT2D eigenvalue weighted by atomic mass is 10.2. The Kier molecular flexibility index (Phi) is 7.80. The molecule has 10 heteroatoms. The number of esters is 1. The number of nitrogens with one attached hydrogen (secondary N) is 1. The van der Waals surface area contributed by atoms with Gasteiger partial charge in [0.2, 0.25) is 0 Å². The van der Waals surface area contributed by atoms with Gasteiger partial charge in [-0.25, -0.2) is 15.2 Å². The molecule has 1 aromatic heterocycles. The van der Waals surface area contributed by atoms with Crippen LogP contribution in [0.2, 0.25) is 0 Å². The van der Waals surface area contributed by atoms with Crippen LogP contribution >= 0.6 is 34.4 Å². The summed E-state index contributed by atoms with van der Waals surface area (Å²) in [6, 6.07) is 19.5. The molecule has 0 aliphatic rings. The summed E-state index contributed by atoms with van der Waals surface area (Å²) in [5.74, 6) is -0.0109. The number of nitrogens with zero attached hydrogens (tertiary/aromatic N) is 2. The zero-order valence-corrected chi connectivity index (χ0v) is 20.8. The van der Waals surface area contributed by atoms with Crippen LogP contribution in [0.4, 0.5) is 0 Å². The van der Waals surface area contributed by atoms with Crippen molar-refractivity contribution in [1.29, 1.82) is 0 Å². The van der Waals surface area contributed by atoms with Crippen molar-refractivity contribution in [1.82, 2.24) is 10.4 Å². The van der Waals surface area contributed by atoms with Crippen LogP contribution in [-0.4, -0.2) is 35.9 Å². The highest BCUT2D eigenvalue weighted by Gasteiger charge is 2.16. The van der Waals surface area contributed by atoms with Crippen LogP contribution in [0.5, 0.6) is 11.5 Å². The van der Waals surface area contributed by atoms with Crippen LogP contribution in [0.3, 0.4) is 0 Å². The number of carbonyl (C=O) groups is 2. The average molecular weight is 587 g/mol. The Labute approximate surface area is 212 Å². The Morgan fingerprint density at radius 2 is 1.91 bits per heavy atom. The number of oxazole rings is 1. The molecule has 0 saturated heterocycles. The van der Waals surface area contributed by atoms with E-state index in [4.69, 9.17) is 13.9 Å². The molecular formula is C24H18IN3O5S. The third-order valence-electron chi connectivity index (χ3n) is 4.46. The van der Waals surface area contributed by atoms with Crippen molar-refractivity contribution in [3.63, 3.8) is 0 Å². The predicted octanol–water partition coefficient (Wildman–Crippen LogP) is 4.90. The van der Waals surface area contributed by atoms with E-state index in [-0.39, 0.29) is 11.7 Å². The van der Waals surface area contributed by atoms with Gasteiger partial charge in [-0.1, -0.05) is 42.1 Å². The summed E-state index contributed by atoms with van der Waals surface area (Å²) in [5, 5.41) is 4.41. The molecule has 1 heterocycles. The first-order valence-electron chi connectivity index (χ1n) is 9.98. The summed E-state index contributed by atoms with van der Waals surface area (Å²) in [6.45, 7) is 0. The Morgan fingerprint density at radius 3 is 2.68 bits per heavy atom. The second-order valence-electron chi connectivity index (χ2n) is 6.82. The maximum atomic E-state index is 12.4. The summed E-state index contributed by atoms with van der Waals surface area (Å²) in [4.78, 5) is 28.9. The molecule has 172 valence electrons. The lowest BCUT2D eigenvalue weighted by Crippen LogP contribution is -2.19. The van der Waals surface area contributed by atoms with Crippen molar-refractivity contribution < 1.29 is 23.5 Å². The SMILES string of the molecule is COc1cc(/C=N\NC(=O)CSc2nc3ccccc3o2)cc(I)c1OC(=O)c1ccccc1. The number of methoxy groups -OCH3 is 1. The summed E-state index contributed by atoms with van der Waals surface area (Å²) in [5.41, 5.74) is 4.98. The zero-order chi connectivity index (χ0) is 23.9. The normalized spacial score (nSPS) is 11.0. The van der Waals surface area contributed by atoms with Crippen molar-refractivity contribution in [2.45, 2.75) is 5.22 Å². The van der Waals surface area contributed by atoms with Gasteiger partial charge < -0.3 is 13.9 Å². The van der Waals surface area contributed by atoms with Gasteiger partial charge in [-0.05, 0) is 64.6 Å². The molecule has 0 saturated carbocycles. The first-order chi connectivity index (χ1) is 16.5. The fourth-order valence-corrected chi connectivity index (χ4v) is 4.26. The lowest BCUT2D eigenvalue weighted by molar-refractivity contribution is -0.118. The quantitative estimate of drug-likeness (QED) is 0.0781. The average Bonchev–Trinajstić information content (AvgIpc) is 3.27. The van der Waals surface area contributed by atoms with E-state index in [0.717, 1.165) is 5.52 Å². The number of aromatic nitrogens is 1. The number of hydrazone groups is 1. The van der Waals surface area contributed by atoms with Gasteiger partial charge in [0.25, 0.3) is 11.1 Å². The van der Waals surface area contributed by atoms with E-state index in [1.165, 1.54) is 25.1 Å². The van der Waals surface area contributed by atoms with Gasteiger partial charge in [0.1, 0.15) is 5.52 Å². The van der Waals surface area contributed by atoms with Crippen molar-refractivity contribution >= 4 is 63.5 Å². The number of thioether (sulfide) groups is 1. The van der Waals surface area contributed by atoms with E-state index in [2.05, 4.69) is 38.1 Å². The zero-order valence-electron chi connectivity index (χ0n) is 17.9. The highest BCUT2D eigenvalue weighted by Crippen LogP contribution is 2.34. The van der Waals surface area contributed by atoms with Crippen LogP contribution in [0.25, 0.3) is 11.1 Å². The first-order valence-corrected chi connectivity index (χ1v) is 12.0. The van der Waals surface area contributed by atoms with Crippen LogP contribution in [0.15, 0.2) is 81.5 Å². The predicted molar refractivity (Wildman–Crippen MR) is 138 cm³/mol. The van der Waals surface area contributed by atoms with Crippen LogP contribution in [0, 0.1) is 3.57 Å². The van der Waals surface area contributed by atoms with Crippen molar-refractivity contribution in [2.24, 2.45) is 5.10 Å². The van der Waals surface area contributed by atoms with Gasteiger partial charge in [0.15, 0.2) is 17.1 Å². The van der Waals surface area contributed by atoms with Crippen LogP contribution in [-0.2, 0) is 4.79 Å². The molecule has 4 aromatic rings. The topological polar surface area (TPSA) is 103 Å². The number of rotatable bonds is 8. The standard InChI is InChI=1S/C24H18IN3O5S/c1-31-20-12-15(11-17(25)22(20)33-23(30)16-7-3-2-4-8-16)13-26-28-21(29)14-34-24-27-18-9-5-6-10-19(18)32-24/h2-13H,14H2,1H3,(H,28,29)/b26-13-. The summed E-state index contributed by atoms with van der Waals surface area (Å²) < 4.78 is 17.2. The fourth-order valence-electron chi connectivity index (χ4n) is 2.89. The van der Waals surface area contributed by atoms with Crippen LogP contribution < -0.4 is 14.9 Å². The van der Waals surface area contributed by atoms with Gasteiger partial charge in [-0.2, -0.15) is 5.10 Å². The molecule has 1 N–H and O–H groups in total. The molecule has 3 aromatic carbocycles. The van der Waals surface area contributed by atoms with Gasteiger partial charge in [0, 0.05) is 0 Å². The molecule has 0 radical (unpaired) electrons. The Balaban J connectivity index is 1.36. The second-order valence-corrected chi connectivity index (χ2v) is 8.91. The van der Waals surface area contributed by atoms with Gasteiger partial charge in [-0.15, -0.1) is 0 Å². The van der Waals surface area contributed by atoms with Crippen molar-refractivity contribution in [2.75, 3.05) is 12.9 Å². The van der Waals surface area contributed by atoms with E-state index < -0.39 is 5.97 Å². The van der Waals surface area contributed by atoms with Gasteiger partial charge in [-0.3, -0.25) is 4.79 Å². The Morgan fingerprint density at radius 1 is 1.15 bits per heavy atom. The number of carbonyl (C=O) groups excluding carboxylic acids is 2. The van der Waals surface area contributed by atoms with E-state index in [1.54, 1.807) is 36.4 Å². The van der Waals surface area contributed by atoms with E-state index in [0.29, 0.717) is 37.0 Å². The van der Waals surface area contributed by atoms with Crippen molar-refractivity contribution in [3.05, 3.63) is 81.4 Å². The maximum Gasteiger partial charge on any atom is 0.343 e. The number of fused-ring (bicyclic) bond motifs is 1. The minimum Gasteiger partial charge on any atom is -0.493 e. The molecule has 4 rings (SSSR count). The summed E-state index contributed by atoms with van der Waals surface area (Å²) in [7, 11) is 1.48. The number of amides is 1. The third kappa shape index (κ3) is 5.94. The van der Waals surface area contributed by atoms with Crippen molar-refractivity contribution in [3.8, 4) is 11.5 Å². The molecule has 34 heavy (non-hydrogen) atoms. The number of hydrogen-bond donors (Lipinski definition) is 1. The molecule has 0 unspecified atom stereocenters. The Bertz CT molecular complexity index is 1320. The van der Waals surface area contributed by atoms with Crippen LogP contribution in [0.1, 0.15) is 15.9 Å². The minimum atomic E-state index is -0.484. The van der Waals surface area contributed by atoms with E-state index in [9.17, 15) is 9.59 Å². The molecule has 0 fully saturated rings. The molecule has 0 atom stereocenters. The lowest BCUT2D eigenvalue weighted by Gasteiger charge is -2.12. The molecule has 0 bridgehead atoms. The number of ether oxygens (including phenoxy) is 2. The molecule has 0 aliphatic carbocycles. The fraction of sp³-hybridized carbons (Fsp3) is 0.0833. The third-order valence-corrected chi connectivity index (χ3v) is 6.09. The van der Waals surface area contributed by atoms with E-state index >= 15 is 0 Å². The smallest absolute Gasteiger partial charge is 0.343 e. The summed E-state index contributed by atoms with van der Waals surface area (Å²) >= 11 is 3.23. The number of para-hydroxylation sites is 2. The number of benzene rings is 3. The summed E-state index contributed by atoms with van der Waals surface area (Å²) in [6.07, 6.45) is 1.48. The number of hydrogen-bond acceptors (Lipinski definition) is 8. The Hall–Kier alpha value is -3.38. The molecular weight excluding hydrogens is 569 g/mol. The molecule has 0 aliphatic heterocycles. The maximum absolute atomic E-state index is 12.4. The molecule has 1 amide bonds. The largest absolute Gasteiger partial charge is 0.493 e. The highest BCUT2D eigenvalue weighted by molar-refractivity contribution is 14.1. The monoisotopic (exact) mass is 587 g/mol. The molecule has 8 nitrogen and oxygen atoms in total. The van der Waals surface area contributed by atoms with Gasteiger partial charge >= 0.3 is 5.97 Å². The minimum absolute atomic E-state index is 0.0966. The highest BCUT2D eigenvalue weighted by atomic mass is 127. The molecule has 0 spiro atoms. The first kappa shape index (κ1) is 23.8. The van der Waals surface area contributed by atoms with Gasteiger partial charge in [0.05, 0.1) is 28.2 Å². The van der Waals surface area contributed by atoms with E-state index in [1.807, 2.05) is 30.3 Å². The number of halogens is 1.